The summed E-state index contributed by atoms with van der Waals surface area (Å²) in [6.45, 7) is 3.16. The van der Waals surface area contributed by atoms with E-state index >= 15 is 0 Å². The van der Waals surface area contributed by atoms with Gasteiger partial charge in [-0.1, -0.05) is 12.1 Å². The Bertz CT molecular complexity index is 483. The second-order valence-electron chi connectivity index (χ2n) is 3.65. The molecule has 1 amide bonds. The number of nitrogens with one attached hydrogen (secondary N) is 1. The van der Waals surface area contributed by atoms with E-state index < -0.39 is 0 Å². The van der Waals surface area contributed by atoms with Crippen LogP contribution >= 0.6 is 0 Å². The van der Waals surface area contributed by atoms with E-state index in [4.69, 9.17) is 9.94 Å². The Morgan fingerprint density at radius 3 is 2.61 bits per heavy atom. The lowest BCUT2D eigenvalue weighted by atomic mass is 10.1. The number of ether oxygens (including phenoxy) is 1. The molecule has 0 saturated heterocycles. The van der Waals surface area contributed by atoms with Gasteiger partial charge in [-0.15, -0.1) is 0 Å². The van der Waals surface area contributed by atoms with Crippen molar-refractivity contribution in [1.29, 1.82) is 0 Å². The second kappa shape index (κ2) is 5.90. The number of anilines is 1. The van der Waals surface area contributed by atoms with Gasteiger partial charge in [0.05, 0.1) is 18.5 Å². The van der Waals surface area contributed by atoms with E-state index in [0.717, 1.165) is 0 Å². The highest BCUT2D eigenvalue weighted by atomic mass is 16.5. The minimum atomic E-state index is -0.260. The van der Waals surface area contributed by atoms with Gasteiger partial charge in [-0.25, -0.2) is 0 Å². The number of methoxy groups -OCH3 is 1. The van der Waals surface area contributed by atoms with Gasteiger partial charge in [0.15, 0.2) is 0 Å². The number of amides is 1. The number of hydrogen-bond donors (Lipinski definition) is 3. The van der Waals surface area contributed by atoms with Gasteiger partial charge in [0.25, 0.3) is 0 Å². The molecule has 0 aliphatic heterocycles. The maximum absolute atomic E-state index is 11.1. The van der Waals surface area contributed by atoms with Crippen molar-refractivity contribution in [2.24, 2.45) is 5.16 Å². The maximum atomic E-state index is 11.1. The van der Waals surface area contributed by atoms with Crippen LogP contribution in [0.5, 0.6) is 11.5 Å². The predicted octanol–water partition coefficient (Wildman–Crippen LogP) is 1.95. The number of phenolic OH excluding ortho intramolecular Hbond substituents is 1. The Labute approximate surface area is 105 Å². The van der Waals surface area contributed by atoms with Crippen LogP contribution in [0.3, 0.4) is 0 Å². The van der Waals surface area contributed by atoms with E-state index in [1.807, 2.05) is 0 Å². The molecule has 3 N–H and O–H groups in total. The fourth-order valence-corrected chi connectivity index (χ4v) is 1.57. The van der Waals surface area contributed by atoms with Crippen LogP contribution in [0.25, 0.3) is 0 Å². The van der Waals surface area contributed by atoms with Crippen molar-refractivity contribution in [3.8, 4) is 11.5 Å². The summed E-state index contributed by atoms with van der Waals surface area (Å²) in [6.07, 6.45) is 0.440. The lowest BCUT2D eigenvalue weighted by molar-refractivity contribution is -0.114. The molecule has 98 valence electrons. The van der Waals surface area contributed by atoms with Crippen molar-refractivity contribution >= 4 is 17.3 Å². The molecule has 0 bridgehead atoms. The zero-order valence-corrected chi connectivity index (χ0v) is 10.5. The minimum Gasteiger partial charge on any atom is -0.507 e. The standard InChI is InChI=1S/C12H16N2O4/c1-4-9(14-17)8-5-10(13-7(2)15)12(18-3)6-11(8)16/h5-6,16-17H,4H2,1-3H3,(H,13,15). The summed E-state index contributed by atoms with van der Waals surface area (Å²) >= 11 is 0. The smallest absolute Gasteiger partial charge is 0.221 e. The first-order chi connectivity index (χ1) is 8.53. The summed E-state index contributed by atoms with van der Waals surface area (Å²) in [7, 11) is 1.43. The quantitative estimate of drug-likeness (QED) is 0.330. The van der Waals surface area contributed by atoms with E-state index in [1.165, 1.54) is 26.2 Å². The van der Waals surface area contributed by atoms with Crippen molar-refractivity contribution in [1.82, 2.24) is 0 Å². The number of benzene rings is 1. The number of phenols is 1. The minimum absolute atomic E-state index is 0.0735. The third-order valence-corrected chi connectivity index (χ3v) is 2.40. The van der Waals surface area contributed by atoms with Crippen LogP contribution in [0.2, 0.25) is 0 Å². The lowest BCUT2D eigenvalue weighted by Gasteiger charge is -2.13. The van der Waals surface area contributed by atoms with Crippen molar-refractivity contribution < 1.29 is 19.8 Å². The van der Waals surface area contributed by atoms with Crippen molar-refractivity contribution in [3.63, 3.8) is 0 Å². The number of carbonyl (C=O) groups is 1. The van der Waals surface area contributed by atoms with E-state index in [9.17, 15) is 9.90 Å². The van der Waals surface area contributed by atoms with Gasteiger partial charge in [0, 0.05) is 18.6 Å². The van der Waals surface area contributed by atoms with Crippen LogP contribution in [-0.4, -0.2) is 29.0 Å². The molecule has 6 nitrogen and oxygen atoms in total. The fourth-order valence-electron chi connectivity index (χ4n) is 1.57. The molecule has 0 atom stereocenters. The topological polar surface area (TPSA) is 91.2 Å². The van der Waals surface area contributed by atoms with E-state index in [-0.39, 0.29) is 11.7 Å². The normalized spacial score (nSPS) is 11.2. The molecule has 0 heterocycles. The Hall–Kier alpha value is -2.24. The summed E-state index contributed by atoms with van der Waals surface area (Å²) in [4.78, 5) is 11.1. The first-order valence-electron chi connectivity index (χ1n) is 5.43. The first-order valence-corrected chi connectivity index (χ1v) is 5.43. The number of nitrogens with zero attached hydrogens (tertiary/aromatic N) is 1. The van der Waals surface area contributed by atoms with E-state index in [2.05, 4.69) is 10.5 Å². The van der Waals surface area contributed by atoms with Gasteiger partial charge < -0.3 is 20.4 Å². The summed E-state index contributed by atoms with van der Waals surface area (Å²) in [5.74, 6) is -0.000583. The van der Waals surface area contributed by atoms with Crippen LogP contribution in [0.15, 0.2) is 17.3 Å². The summed E-state index contributed by atoms with van der Waals surface area (Å²) in [5, 5.41) is 24.4. The average molecular weight is 252 g/mol. The average Bonchev–Trinajstić information content (AvgIpc) is 2.33. The highest BCUT2D eigenvalue weighted by Gasteiger charge is 2.14. The number of aromatic hydroxyl groups is 1. The van der Waals surface area contributed by atoms with Crippen LogP contribution in [0.4, 0.5) is 5.69 Å². The zero-order chi connectivity index (χ0) is 13.7. The Morgan fingerprint density at radius 2 is 2.17 bits per heavy atom. The van der Waals surface area contributed by atoms with Crippen molar-refractivity contribution in [2.75, 3.05) is 12.4 Å². The number of oxime groups is 1. The number of rotatable bonds is 4. The van der Waals surface area contributed by atoms with Crippen molar-refractivity contribution in [3.05, 3.63) is 17.7 Å². The molecule has 1 rings (SSSR count). The molecule has 18 heavy (non-hydrogen) atoms. The van der Waals surface area contributed by atoms with Gasteiger partial charge in [0.2, 0.25) is 5.91 Å². The number of carbonyl (C=O) groups excluding carboxylic acids is 1. The maximum Gasteiger partial charge on any atom is 0.221 e. The summed E-state index contributed by atoms with van der Waals surface area (Å²) in [6, 6.07) is 2.87. The molecule has 0 fully saturated rings. The van der Waals surface area contributed by atoms with Crippen LogP contribution in [-0.2, 0) is 4.79 Å². The Morgan fingerprint density at radius 1 is 1.50 bits per heavy atom. The monoisotopic (exact) mass is 252 g/mol. The molecule has 1 aromatic rings. The van der Waals surface area contributed by atoms with Crippen LogP contribution in [0, 0.1) is 0 Å². The molecule has 0 aliphatic rings. The molecule has 0 unspecified atom stereocenters. The largest absolute Gasteiger partial charge is 0.507 e. The first kappa shape index (κ1) is 13.8. The SMILES string of the molecule is CCC(=NO)c1cc(NC(C)=O)c(OC)cc1O. The van der Waals surface area contributed by atoms with E-state index in [0.29, 0.717) is 29.1 Å². The molecule has 0 saturated carbocycles. The van der Waals surface area contributed by atoms with Gasteiger partial charge >= 0.3 is 0 Å². The van der Waals surface area contributed by atoms with E-state index in [1.54, 1.807) is 6.92 Å². The lowest BCUT2D eigenvalue weighted by Crippen LogP contribution is -2.09. The van der Waals surface area contributed by atoms with Gasteiger partial charge in [-0.05, 0) is 12.5 Å². The molecular weight excluding hydrogens is 236 g/mol. The Kier molecular flexibility index (Phi) is 4.53. The molecule has 0 spiro atoms. The molecule has 0 radical (unpaired) electrons. The molecule has 0 aliphatic carbocycles. The third kappa shape index (κ3) is 2.91. The Balaban J connectivity index is 3.33. The molecule has 1 aromatic carbocycles. The highest BCUT2D eigenvalue weighted by molar-refractivity contribution is 6.04. The summed E-state index contributed by atoms with van der Waals surface area (Å²) in [5.41, 5.74) is 1.08. The van der Waals surface area contributed by atoms with Gasteiger partial charge in [-0.3, -0.25) is 4.79 Å². The highest BCUT2D eigenvalue weighted by Crippen LogP contribution is 2.33. The fraction of sp³-hybridized carbons (Fsp3) is 0.333. The predicted molar refractivity (Wildman–Crippen MR) is 67.6 cm³/mol. The number of hydrogen-bond acceptors (Lipinski definition) is 5. The van der Waals surface area contributed by atoms with Crippen molar-refractivity contribution in [2.45, 2.75) is 20.3 Å². The second-order valence-corrected chi connectivity index (χ2v) is 3.65. The van der Waals surface area contributed by atoms with Gasteiger partial charge in [-0.2, -0.15) is 0 Å². The summed E-state index contributed by atoms with van der Waals surface area (Å²) < 4.78 is 5.05. The molecular formula is C12H16N2O4. The van der Waals surface area contributed by atoms with Crippen LogP contribution < -0.4 is 10.1 Å². The molecule has 0 aromatic heterocycles. The zero-order valence-electron chi connectivity index (χ0n) is 10.5. The van der Waals surface area contributed by atoms with Crippen LogP contribution in [0.1, 0.15) is 25.8 Å². The van der Waals surface area contributed by atoms with Gasteiger partial charge in [0.1, 0.15) is 11.5 Å². The molecule has 6 heteroatoms. The third-order valence-electron chi connectivity index (χ3n) is 2.40.